The third kappa shape index (κ3) is 6.79. The van der Waals surface area contributed by atoms with Crippen molar-refractivity contribution < 1.29 is 19.2 Å². The van der Waals surface area contributed by atoms with Crippen LogP contribution in [0.2, 0.25) is 0 Å². The van der Waals surface area contributed by atoms with Crippen molar-refractivity contribution in [2.45, 2.75) is 70.6 Å². The molecule has 3 aliphatic rings. The quantitative estimate of drug-likeness (QED) is 0.316. The molecule has 2 aromatic heterocycles. The largest absolute Gasteiger partial charge is 0.391 e. The SMILES string of the molecule is CC(NC(=O)[C@@H]1C[C@@H](O)CN1C(=O)C(c1cc(N2CC(CC3CCNCC3)C2)no1)C(C)C)c1ccc(-c2ccnn2C)cc1. The normalized spacial score (nSPS) is 22.4. The number of amides is 2. The molecule has 3 aliphatic heterocycles. The Balaban J connectivity index is 1.08. The number of hydrogen-bond donors (Lipinski definition) is 3. The lowest BCUT2D eigenvalue weighted by molar-refractivity contribution is -0.141. The van der Waals surface area contributed by atoms with E-state index in [4.69, 9.17) is 4.52 Å². The van der Waals surface area contributed by atoms with Gasteiger partial charge >= 0.3 is 0 Å². The van der Waals surface area contributed by atoms with Crippen LogP contribution in [-0.2, 0) is 16.6 Å². The number of hydrogen-bond acceptors (Lipinski definition) is 8. The van der Waals surface area contributed by atoms with E-state index in [1.807, 2.05) is 68.9 Å². The van der Waals surface area contributed by atoms with E-state index in [2.05, 4.69) is 25.8 Å². The first-order chi connectivity index (χ1) is 21.7. The first kappa shape index (κ1) is 31.3. The molecule has 11 heteroatoms. The molecule has 6 rings (SSSR count). The van der Waals surface area contributed by atoms with Crippen LogP contribution in [0, 0.1) is 17.8 Å². The van der Waals surface area contributed by atoms with Gasteiger partial charge in [0.1, 0.15) is 12.0 Å². The molecular weight excluding hydrogens is 570 g/mol. The summed E-state index contributed by atoms with van der Waals surface area (Å²) in [6.07, 6.45) is 4.96. The summed E-state index contributed by atoms with van der Waals surface area (Å²) < 4.78 is 7.60. The van der Waals surface area contributed by atoms with Crippen LogP contribution in [0.15, 0.2) is 47.1 Å². The molecule has 1 aromatic carbocycles. The molecule has 242 valence electrons. The third-order valence-electron chi connectivity index (χ3n) is 9.91. The van der Waals surface area contributed by atoms with Crippen molar-refractivity contribution in [2.75, 3.05) is 37.6 Å². The number of benzene rings is 1. The average molecular weight is 618 g/mol. The summed E-state index contributed by atoms with van der Waals surface area (Å²) in [5.74, 6) is 1.57. The minimum Gasteiger partial charge on any atom is -0.391 e. The molecule has 0 saturated carbocycles. The number of carbonyl (C=O) groups is 2. The van der Waals surface area contributed by atoms with E-state index in [0.29, 0.717) is 11.7 Å². The maximum atomic E-state index is 14.0. The van der Waals surface area contributed by atoms with E-state index in [-0.39, 0.29) is 36.7 Å². The molecule has 0 bridgehead atoms. The minimum absolute atomic E-state index is 0.0827. The molecule has 3 aromatic rings. The second-order valence-electron chi connectivity index (χ2n) is 13.6. The van der Waals surface area contributed by atoms with Crippen molar-refractivity contribution in [3.05, 3.63) is 53.9 Å². The van der Waals surface area contributed by atoms with Gasteiger partial charge in [-0.3, -0.25) is 14.3 Å². The number of β-amino-alcohol motifs (C(OH)–C–C–N with tert-alkyl or cyclic N) is 1. The number of aliphatic hydroxyl groups excluding tert-OH is 1. The lowest BCUT2D eigenvalue weighted by atomic mass is 9.84. The van der Waals surface area contributed by atoms with E-state index < -0.39 is 18.1 Å². The van der Waals surface area contributed by atoms with Crippen LogP contribution >= 0.6 is 0 Å². The van der Waals surface area contributed by atoms with Gasteiger partial charge in [-0.1, -0.05) is 43.3 Å². The predicted octanol–water partition coefficient (Wildman–Crippen LogP) is 3.48. The highest BCUT2D eigenvalue weighted by Crippen LogP contribution is 2.36. The second kappa shape index (κ2) is 13.3. The van der Waals surface area contributed by atoms with Crippen LogP contribution < -0.4 is 15.5 Å². The fourth-order valence-corrected chi connectivity index (χ4v) is 7.28. The van der Waals surface area contributed by atoms with Crippen molar-refractivity contribution in [2.24, 2.45) is 24.8 Å². The third-order valence-corrected chi connectivity index (χ3v) is 9.91. The number of anilines is 1. The Kier molecular flexibility index (Phi) is 9.28. The summed E-state index contributed by atoms with van der Waals surface area (Å²) in [4.78, 5) is 31.3. The van der Waals surface area contributed by atoms with Crippen LogP contribution in [0.25, 0.3) is 11.3 Å². The predicted molar refractivity (Wildman–Crippen MR) is 171 cm³/mol. The number of piperidine rings is 1. The number of rotatable bonds is 10. The molecule has 0 aliphatic carbocycles. The van der Waals surface area contributed by atoms with Crippen LogP contribution in [0.5, 0.6) is 0 Å². The van der Waals surface area contributed by atoms with Crippen LogP contribution in [0.4, 0.5) is 5.82 Å². The van der Waals surface area contributed by atoms with E-state index in [1.54, 1.807) is 6.20 Å². The Morgan fingerprint density at radius 2 is 1.80 bits per heavy atom. The maximum absolute atomic E-state index is 14.0. The number of likely N-dealkylation sites (tertiary alicyclic amines) is 1. The molecular formula is C34H47N7O4. The van der Waals surface area contributed by atoms with Gasteiger partial charge < -0.3 is 30.1 Å². The van der Waals surface area contributed by atoms with Gasteiger partial charge in [-0.05, 0) is 74.2 Å². The van der Waals surface area contributed by atoms with Crippen molar-refractivity contribution in [1.82, 2.24) is 30.5 Å². The van der Waals surface area contributed by atoms with Gasteiger partial charge in [0, 0.05) is 45.4 Å². The first-order valence-electron chi connectivity index (χ1n) is 16.5. The van der Waals surface area contributed by atoms with Crippen molar-refractivity contribution in [1.29, 1.82) is 0 Å². The van der Waals surface area contributed by atoms with Crippen LogP contribution in [0.1, 0.15) is 69.7 Å². The summed E-state index contributed by atoms with van der Waals surface area (Å²) in [6.45, 7) is 10.1. The summed E-state index contributed by atoms with van der Waals surface area (Å²) in [7, 11) is 1.90. The topological polar surface area (TPSA) is 129 Å². The number of aromatic nitrogens is 3. The summed E-state index contributed by atoms with van der Waals surface area (Å²) >= 11 is 0. The highest BCUT2D eigenvalue weighted by atomic mass is 16.5. The van der Waals surface area contributed by atoms with Gasteiger partial charge in [-0.25, -0.2) is 0 Å². The Morgan fingerprint density at radius 3 is 2.47 bits per heavy atom. The number of nitrogens with zero attached hydrogens (tertiary/aromatic N) is 5. The Labute approximate surface area is 265 Å². The highest BCUT2D eigenvalue weighted by molar-refractivity contribution is 5.91. The summed E-state index contributed by atoms with van der Waals surface area (Å²) in [6, 6.07) is 10.8. The van der Waals surface area contributed by atoms with Gasteiger partial charge in [0.2, 0.25) is 11.8 Å². The zero-order valence-corrected chi connectivity index (χ0v) is 26.9. The molecule has 2 amide bonds. The number of aryl methyl sites for hydroxylation is 1. The molecule has 0 spiro atoms. The maximum Gasteiger partial charge on any atom is 0.243 e. The fraction of sp³-hybridized carbons (Fsp3) is 0.588. The molecule has 45 heavy (non-hydrogen) atoms. The number of carbonyl (C=O) groups excluding carboxylic acids is 2. The van der Waals surface area contributed by atoms with Crippen molar-refractivity contribution in [3.63, 3.8) is 0 Å². The van der Waals surface area contributed by atoms with Crippen molar-refractivity contribution >= 4 is 17.6 Å². The Bertz CT molecular complexity index is 1460. The van der Waals surface area contributed by atoms with Gasteiger partial charge in [-0.2, -0.15) is 5.10 Å². The Hall–Kier alpha value is -3.70. The molecule has 5 heterocycles. The molecule has 2 unspecified atom stereocenters. The summed E-state index contributed by atoms with van der Waals surface area (Å²) in [5.41, 5.74) is 2.99. The molecule has 3 saturated heterocycles. The minimum atomic E-state index is -0.769. The molecule has 0 radical (unpaired) electrons. The van der Waals surface area contributed by atoms with E-state index in [0.717, 1.165) is 54.7 Å². The smallest absolute Gasteiger partial charge is 0.243 e. The van der Waals surface area contributed by atoms with Gasteiger partial charge in [0.05, 0.1) is 17.8 Å². The molecule has 11 nitrogen and oxygen atoms in total. The standard InChI is InChI=1S/C34H47N7O4/c1-21(2)32(30-17-31(38-45-30)40-18-24(19-40)15-23-9-12-35-13-10-23)34(44)41-20-27(42)16-29(41)33(43)37-22(3)25-5-7-26(8-6-25)28-11-14-36-39(28)4/h5-8,11,14,17,21-24,27,29,32,35,42H,9-10,12-13,15-16,18-20H2,1-4H3,(H,37,43)/t22?,27-,29+,32?/m1/s1. The molecule has 3 N–H and O–H groups in total. The first-order valence-corrected chi connectivity index (χ1v) is 16.5. The number of aliphatic hydroxyl groups is 1. The monoisotopic (exact) mass is 617 g/mol. The lowest BCUT2D eigenvalue weighted by Crippen LogP contribution is -2.48. The summed E-state index contributed by atoms with van der Waals surface area (Å²) in [5, 5.41) is 25.7. The molecule has 4 atom stereocenters. The Morgan fingerprint density at radius 1 is 1.07 bits per heavy atom. The highest BCUT2D eigenvalue weighted by Gasteiger charge is 2.44. The van der Waals surface area contributed by atoms with E-state index in [9.17, 15) is 14.7 Å². The van der Waals surface area contributed by atoms with E-state index in [1.165, 1.54) is 24.2 Å². The van der Waals surface area contributed by atoms with Gasteiger partial charge in [0.25, 0.3) is 0 Å². The van der Waals surface area contributed by atoms with Gasteiger partial charge in [0.15, 0.2) is 11.6 Å². The number of nitrogens with one attached hydrogen (secondary N) is 2. The molecule has 3 fully saturated rings. The van der Waals surface area contributed by atoms with Gasteiger partial charge in [-0.15, -0.1) is 0 Å². The average Bonchev–Trinajstić information content (AvgIpc) is 3.75. The van der Waals surface area contributed by atoms with Crippen LogP contribution in [0.3, 0.4) is 0 Å². The van der Waals surface area contributed by atoms with E-state index >= 15 is 0 Å². The van der Waals surface area contributed by atoms with Crippen LogP contribution in [-0.4, -0.2) is 81.6 Å². The second-order valence-corrected chi connectivity index (χ2v) is 13.6. The zero-order chi connectivity index (χ0) is 31.7. The van der Waals surface area contributed by atoms with Crippen molar-refractivity contribution in [3.8, 4) is 11.3 Å². The fourth-order valence-electron chi connectivity index (χ4n) is 7.28. The lowest BCUT2D eigenvalue weighted by Gasteiger charge is -2.41. The zero-order valence-electron chi connectivity index (χ0n) is 26.9.